The van der Waals surface area contributed by atoms with Crippen LogP contribution in [0.25, 0.3) is 0 Å². The Morgan fingerprint density at radius 2 is 1.71 bits per heavy atom. The number of carbonyl (C=O) groups is 2. The van der Waals surface area contributed by atoms with Crippen LogP contribution in [0, 0.1) is 6.92 Å². The molecule has 0 aliphatic rings. The van der Waals surface area contributed by atoms with Crippen molar-refractivity contribution >= 4 is 35.0 Å². The molecule has 0 saturated heterocycles. The first-order valence-electron chi connectivity index (χ1n) is 11.6. The maximum atomic E-state index is 13.5. The number of benzene rings is 3. The summed E-state index contributed by atoms with van der Waals surface area (Å²) >= 11 is 12.5. The Balaban J connectivity index is 1.77. The SMILES string of the molecule is CNC(=O)[C@H](Cc1ccccc1)N(Cc1ccc(Cl)cc1Cl)C(=O)CCCOc1ccc(C)cc1. The van der Waals surface area contributed by atoms with Crippen LogP contribution >= 0.6 is 23.2 Å². The van der Waals surface area contributed by atoms with Gasteiger partial charge in [-0.05, 0) is 48.7 Å². The minimum absolute atomic E-state index is 0.145. The number of aryl methyl sites for hydroxylation is 1. The second-order valence-electron chi connectivity index (χ2n) is 8.34. The quantitative estimate of drug-likeness (QED) is 0.328. The zero-order valence-electron chi connectivity index (χ0n) is 20.0. The Bertz CT molecular complexity index is 1120. The molecule has 5 nitrogen and oxygen atoms in total. The molecule has 3 aromatic carbocycles. The molecule has 0 aromatic heterocycles. The molecule has 0 unspecified atom stereocenters. The average Bonchev–Trinajstić information content (AvgIpc) is 2.86. The minimum Gasteiger partial charge on any atom is -0.494 e. The number of halogens is 2. The van der Waals surface area contributed by atoms with Gasteiger partial charge in [0.1, 0.15) is 11.8 Å². The first kappa shape index (κ1) is 26.6. The van der Waals surface area contributed by atoms with E-state index in [0.717, 1.165) is 22.4 Å². The van der Waals surface area contributed by atoms with Crippen molar-refractivity contribution in [1.82, 2.24) is 10.2 Å². The van der Waals surface area contributed by atoms with Crippen LogP contribution in [-0.4, -0.2) is 36.4 Å². The van der Waals surface area contributed by atoms with Crippen LogP contribution in [0.15, 0.2) is 72.8 Å². The molecule has 7 heteroatoms. The number of hydrogen-bond acceptors (Lipinski definition) is 3. The molecule has 1 atom stereocenters. The zero-order valence-corrected chi connectivity index (χ0v) is 21.5. The smallest absolute Gasteiger partial charge is 0.242 e. The van der Waals surface area contributed by atoms with E-state index < -0.39 is 6.04 Å². The second kappa shape index (κ2) is 13.2. The van der Waals surface area contributed by atoms with Crippen LogP contribution in [0.1, 0.15) is 29.5 Å². The van der Waals surface area contributed by atoms with Gasteiger partial charge in [0.15, 0.2) is 0 Å². The van der Waals surface area contributed by atoms with Crippen LogP contribution in [0.3, 0.4) is 0 Å². The predicted octanol–water partition coefficient (Wildman–Crippen LogP) is 5.85. The fraction of sp³-hybridized carbons (Fsp3) is 0.286. The third kappa shape index (κ3) is 8.01. The third-order valence-corrected chi connectivity index (χ3v) is 6.28. The highest BCUT2D eigenvalue weighted by Crippen LogP contribution is 2.24. The zero-order chi connectivity index (χ0) is 25.2. The standard InChI is InChI=1S/C28H30Cl2N2O3/c1-20-10-14-24(15-11-20)35-16-6-9-27(33)32(19-22-12-13-23(29)18-25(22)30)26(28(34)31-2)17-21-7-4-3-5-8-21/h3-5,7-8,10-15,18,26H,6,9,16-17,19H2,1-2H3,(H,31,34)/t26-/m0/s1. The number of rotatable bonds is 11. The first-order valence-corrected chi connectivity index (χ1v) is 12.3. The van der Waals surface area contributed by atoms with Gasteiger partial charge >= 0.3 is 0 Å². The lowest BCUT2D eigenvalue weighted by Gasteiger charge is -2.31. The van der Waals surface area contributed by atoms with Gasteiger partial charge in [0.05, 0.1) is 6.61 Å². The van der Waals surface area contributed by atoms with Crippen molar-refractivity contribution in [3.8, 4) is 5.75 Å². The third-order valence-electron chi connectivity index (χ3n) is 5.70. The van der Waals surface area contributed by atoms with E-state index in [4.69, 9.17) is 27.9 Å². The Kier molecular flexibility index (Phi) is 10.0. The topological polar surface area (TPSA) is 58.6 Å². The van der Waals surface area contributed by atoms with E-state index in [9.17, 15) is 9.59 Å². The van der Waals surface area contributed by atoms with Gasteiger partial charge in [0.2, 0.25) is 11.8 Å². The monoisotopic (exact) mass is 512 g/mol. The summed E-state index contributed by atoms with van der Waals surface area (Å²) in [7, 11) is 1.58. The van der Waals surface area contributed by atoms with Gasteiger partial charge in [-0.3, -0.25) is 9.59 Å². The summed E-state index contributed by atoms with van der Waals surface area (Å²) in [6.07, 6.45) is 1.14. The molecule has 0 radical (unpaired) electrons. The summed E-state index contributed by atoms with van der Waals surface area (Å²) in [5.74, 6) is 0.386. The van der Waals surface area contributed by atoms with Gasteiger partial charge in [0, 0.05) is 36.5 Å². The van der Waals surface area contributed by atoms with Gasteiger partial charge in [0.25, 0.3) is 0 Å². The number of ether oxygens (including phenoxy) is 1. The van der Waals surface area contributed by atoms with E-state index in [1.165, 1.54) is 0 Å². The predicted molar refractivity (Wildman–Crippen MR) is 141 cm³/mol. The van der Waals surface area contributed by atoms with E-state index in [1.54, 1.807) is 30.1 Å². The van der Waals surface area contributed by atoms with Crippen LogP contribution in [0.2, 0.25) is 10.0 Å². The molecule has 0 aliphatic heterocycles. The van der Waals surface area contributed by atoms with E-state index in [2.05, 4.69) is 5.32 Å². The van der Waals surface area contributed by atoms with Crippen LogP contribution in [0.5, 0.6) is 5.75 Å². The molecule has 0 spiro atoms. The van der Waals surface area contributed by atoms with E-state index >= 15 is 0 Å². The van der Waals surface area contributed by atoms with Crippen LogP contribution < -0.4 is 10.1 Å². The minimum atomic E-state index is -0.695. The van der Waals surface area contributed by atoms with Gasteiger partial charge in [-0.15, -0.1) is 0 Å². The molecule has 0 saturated carbocycles. The molecule has 0 fully saturated rings. The van der Waals surface area contributed by atoms with Gasteiger partial charge in [-0.2, -0.15) is 0 Å². The fourth-order valence-electron chi connectivity index (χ4n) is 3.75. The molecule has 3 aromatic rings. The van der Waals surface area contributed by atoms with E-state index in [0.29, 0.717) is 29.5 Å². The lowest BCUT2D eigenvalue weighted by molar-refractivity contribution is -0.141. The lowest BCUT2D eigenvalue weighted by Crippen LogP contribution is -2.49. The van der Waals surface area contributed by atoms with Gasteiger partial charge in [-0.1, -0.05) is 77.3 Å². The number of amides is 2. The van der Waals surface area contributed by atoms with Crippen LogP contribution in [0.4, 0.5) is 0 Å². The normalized spacial score (nSPS) is 11.5. The Labute approximate surface area is 217 Å². The number of likely N-dealkylation sites (N-methyl/N-ethyl adjacent to an activating group) is 1. The lowest BCUT2D eigenvalue weighted by atomic mass is 10.0. The van der Waals surface area contributed by atoms with Crippen molar-refractivity contribution in [1.29, 1.82) is 0 Å². The first-order chi connectivity index (χ1) is 16.9. The number of nitrogens with one attached hydrogen (secondary N) is 1. The second-order valence-corrected chi connectivity index (χ2v) is 9.19. The molecular formula is C28H30Cl2N2O3. The summed E-state index contributed by atoms with van der Waals surface area (Å²) < 4.78 is 5.78. The summed E-state index contributed by atoms with van der Waals surface area (Å²) in [6, 6.07) is 21.9. The Morgan fingerprint density at radius 1 is 1.00 bits per heavy atom. The van der Waals surface area contributed by atoms with Crippen molar-refractivity contribution in [3.05, 3.63) is 99.5 Å². The summed E-state index contributed by atoms with van der Waals surface area (Å²) in [5, 5.41) is 3.68. The number of hydrogen-bond donors (Lipinski definition) is 1. The summed E-state index contributed by atoms with van der Waals surface area (Å²) in [6.45, 7) is 2.61. The van der Waals surface area contributed by atoms with Crippen molar-refractivity contribution < 1.29 is 14.3 Å². The maximum Gasteiger partial charge on any atom is 0.242 e. The van der Waals surface area contributed by atoms with Crippen molar-refractivity contribution in [2.75, 3.05) is 13.7 Å². The van der Waals surface area contributed by atoms with Gasteiger partial charge < -0.3 is 15.0 Å². The van der Waals surface area contributed by atoms with E-state index in [-0.39, 0.29) is 24.8 Å². The molecule has 184 valence electrons. The Hall–Kier alpha value is -3.02. The number of nitrogens with zero attached hydrogens (tertiary/aromatic N) is 1. The fourth-order valence-corrected chi connectivity index (χ4v) is 4.21. The van der Waals surface area contributed by atoms with E-state index in [1.807, 2.05) is 61.5 Å². The molecule has 35 heavy (non-hydrogen) atoms. The summed E-state index contributed by atoms with van der Waals surface area (Å²) in [5.41, 5.74) is 2.84. The molecule has 0 heterocycles. The van der Waals surface area contributed by atoms with Crippen LogP contribution in [-0.2, 0) is 22.6 Å². The number of carbonyl (C=O) groups excluding carboxylic acids is 2. The van der Waals surface area contributed by atoms with Crippen molar-refractivity contribution in [2.24, 2.45) is 0 Å². The molecule has 0 bridgehead atoms. The highest BCUT2D eigenvalue weighted by Gasteiger charge is 2.30. The highest BCUT2D eigenvalue weighted by atomic mass is 35.5. The average molecular weight is 513 g/mol. The highest BCUT2D eigenvalue weighted by molar-refractivity contribution is 6.35. The largest absolute Gasteiger partial charge is 0.494 e. The molecule has 3 rings (SSSR count). The summed E-state index contributed by atoms with van der Waals surface area (Å²) in [4.78, 5) is 28.0. The molecule has 1 N–H and O–H groups in total. The molecular weight excluding hydrogens is 483 g/mol. The van der Waals surface area contributed by atoms with Crippen molar-refractivity contribution in [2.45, 2.75) is 38.8 Å². The Morgan fingerprint density at radius 3 is 2.37 bits per heavy atom. The molecule has 0 aliphatic carbocycles. The van der Waals surface area contributed by atoms with Gasteiger partial charge in [-0.25, -0.2) is 0 Å². The molecule has 2 amide bonds. The van der Waals surface area contributed by atoms with Crippen molar-refractivity contribution in [3.63, 3.8) is 0 Å². The maximum absolute atomic E-state index is 13.5.